The summed E-state index contributed by atoms with van der Waals surface area (Å²) in [5.74, 6) is -1.65. The largest absolute Gasteiger partial charge is 0.459 e. The smallest absolute Gasteiger partial charge is 0.336 e. The lowest BCUT2D eigenvalue weighted by atomic mass is 10.2. The number of para-hydroxylation sites is 1. The van der Waals surface area contributed by atoms with E-state index in [1.165, 1.54) is 36.6 Å². The predicted molar refractivity (Wildman–Crippen MR) is 108 cm³/mol. The summed E-state index contributed by atoms with van der Waals surface area (Å²) in [5, 5.41) is 15.1. The van der Waals surface area contributed by atoms with E-state index in [-0.39, 0.29) is 17.1 Å². The second-order valence-electron chi connectivity index (χ2n) is 5.79. The van der Waals surface area contributed by atoms with Crippen LogP contribution in [-0.2, 0) is 4.79 Å². The van der Waals surface area contributed by atoms with E-state index in [0.29, 0.717) is 0 Å². The zero-order valence-electron chi connectivity index (χ0n) is 15.4. The maximum atomic E-state index is 12.2. The van der Waals surface area contributed by atoms with Crippen LogP contribution in [0.5, 0.6) is 5.75 Å². The molecule has 0 aliphatic heterocycles. The van der Waals surface area contributed by atoms with Gasteiger partial charge in [0.2, 0.25) is 5.75 Å². The number of carbonyl (C=O) groups is 2. The Morgan fingerprint density at radius 2 is 1.87 bits per heavy atom. The number of amides is 1. The van der Waals surface area contributed by atoms with Gasteiger partial charge < -0.3 is 9.15 Å². The summed E-state index contributed by atoms with van der Waals surface area (Å²) in [5.41, 5.74) is 2.70. The van der Waals surface area contributed by atoms with Crippen molar-refractivity contribution in [2.24, 2.45) is 5.10 Å². The Kier molecular flexibility index (Phi) is 6.47. The lowest BCUT2D eigenvalue weighted by molar-refractivity contribution is -0.385. The molecule has 0 fully saturated rings. The number of furan rings is 1. The summed E-state index contributed by atoms with van der Waals surface area (Å²) in [4.78, 5) is 34.7. The number of hydrazone groups is 1. The first-order valence-corrected chi connectivity index (χ1v) is 8.64. The van der Waals surface area contributed by atoms with Gasteiger partial charge in [-0.1, -0.05) is 36.4 Å². The molecule has 1 aromatic heterocycles. The third kappa shape index (κ3) is 5.26. The minimum absolute atomic E-state index is 0.0453. The summed E-state index contributed by atoms with van der Waals surface area (Å²) in [7, 11) is 0. The molecule has 9 heteroatoms. The number of benzene rings is 2. The van der Waals surface area contributed by atoms with E-state index >= 15 is 0 Å². The molecule has 0 bridgehead atoms. The lowest BCUT2D eigenvalue weighted by Gasteiger charge is -2.06. The van der Waals surface area contributed by atoms with Crippen LogP contribution in [0, 0.1) is 10.1 Å². The highest BCUT2D eigenvalue weighted by atomic mass is 16.6. The Hall–Kier alpha value is -4.53. The highest BCUT2D eigenvalue weighted by Gasteiger charge is 2.20. The van der Waals surface area contributed by atoms with Gasteiger partial charge in [-0.05, 0) is 29.8 Å². The number of nitrogens with one attached hydrogen (secondary N) is 1. The molecular formula is C21H15N3O6. The molecule has 150 valence electrons. The molecule has 3 aromatic rings. The fraction of sp³-hybridized carbons (Fsp3) is 0. The molecule has 0 saturated carbocycles. The molecule has 9 nitrogen and oxygen atoms in total. The van der Waals surface area contributed by atoms with Crippen LogP contribution in [0.1, 0.15) is 21.7 Å². The number of nitro benzene ring substituents is 1. The average molecular weight is 405 g/mol. The van der Waals surface area contributed by atoms with Crippen LogP contribution in [0.15, 0.2) is 82.5 Å². The summed E-state index contributed by atoms with van der Waals surface area (Å²) in [6.45, 7) is 0. The van der Waals surface area contributed by atoms with Crippen LogP contribution in [0.3, 0.4) is 0 Å². The summed E-state index contributed by atoms with van der Waals surface area (Å²) >= 11 is 0. The molecule has 1 heterocycles. The van der Waals surface area contributed by atoms with Crippen molar-refractivity contribution in [1.82, 2.24) is 5.43 Å². The van der Waals surface area contributed by atoms with E-state index < -0.39 is 22.5 Å². The summed E-state index contributed by atoms with van der Waals surface area (Å²) in [6.07, 6.45) is 5.15. The van der Waals surface area contributed by atoms with Crippen LogP contribution in [0.4, 0.5) is 5.69 Å². The van der Waals surface area contributed by atoms with Crippen LogP contribution in [0.2, 0.25) is 0 Å². The van der Waals surface area contributed by atoms with E-state index in [0.717, 1.165) is 17.9 Å². The molecule has 1 amide bonds. The third-order valence-electron chi connectivity index (χ3n) is 3.75. The Morgan fingerprint density at radius 1 is 1.07 bits per heavy atom. The minimum atomic E-state index is -0.803. The maximum Gasteiger partial charge on any atom is 0.336 e. The number of esters is 1. The third-order valence-corrected chi connectivity index (χ3v) is 3.75. The predicted octanol–water partition coefficient (Wildman–Crippen LogP) is 3.57. The lowest BCUT2D eigenvalue weighted by Crippen LogP contribution is -2.17. The first-order valence-electron chi connectivity index (χ1n) is 8.64. The number of nitro groups is 1. The van der Waals surface area contributed by atoms with Gasteiger partial charge in [0, 0.05) is 17.7 Å². The number of carbonyl (C=O) groups excluding carboxylic acids is 2. The SMILES string of the molecule is O=C(/C=C/c1ccccc1)Oc1c(/C=N/NC(=O)c2ccco2)cccc1[N+](=O)[O-]. The minimum Gasteiger partial charge on any atom is -0.459 e. The van der Waals surface area contributed by atoms with Gasteiger partial charge in [-0.15, -0.1) is 0 Å². The topological polar surface area (TPSA) is 124 Å². The molecule has 0 aliphatic carbocycles. The molecule has 2 aromatic carbocycles. The van der Waals surface area contributed by atoms with Gasteiger partial charge in [0.1, 0.15) is 0 Å². The van der Waals surface area contributed by atoms with E-state index in [4.69, 9.17) is 9.15 Å². The van der Waals surface area contributed by atoms with Crippen molar-refractivity contribution in [3.05, 3.63) is 100 Å². The van der Waals surface area contributed by atoms with Gasteiger partial charge in [-0.2, -0.15) is 5.10 Å². The highest BCUT2D eigenvalue weighted by molar-refractivity contribution is 5.94. The first-order chi connectivity index (χ1) is 14.5. The van der Waals surface area contributed by atoms with Crippen molar-refractivity contribution >= 4 is 29.9 Å². The van der Waals surface area contributed by atoms with Crippen molar-refractivity contribution in [1.29, 1.82) is 0 Å². The second-order valence-corrected chi connectivity index (χ2v) is 5.79. The van der Waals surface area contributed by atoms with Crippen molar-refractivity contribution in [2.45, 2.75) is 0 Å². The summed E-state index contributed by atoms with van der Waals surface area (Å²) in [6, 6.07) is 16.1. The fourth-order valence-electron chi connectivity index (χ4n) is 2.39. The van der Waals surface area contributed by atoms with Gasteiger partial charge in [-0.25, -0.2) is 10.2 Å². The quantitative estimate of drug-likeness (QED) is 0.160. The van der Waals surface area contributed by atoms with E-state index in [9.17, 15) is 19.7 Å². The first kappa shape index (κ1) is 20.2. The Bertz CT molecular complexity index is 1110. The Balaban J connectivity index is 1.79. The van der Waals surface area contributed by atoms with Crippen LogP contribution >= 0.6 is 0 Å². The second kappa shape index (κ2) is 9.60. The molecule has 0 aliphatic rings. The van der Waals surface area contributed by atoms with Crippen LogP contribution in [0.25, 0.3) is 6.08 Å². The van der Waals surface area contributed by atoms with Crippen molar-refractivity contribution < 1.29 is 23.7 Å². The van der Waals surface area contributed by atoms with Gasteiger partial charge in [0.15, 0.2) is 5.76 Å². The molecule has 30 heavy (non-hydrogen) atoms. The monoisotopic (exact) mass is 405 g/mol. The number of rotatable bonds is 7. The van der Waals surface area contributed by atoms with Gasteiger partial charge >= 0.3 is 17.6 Å². The Morgan fingerprint density at radius 3 is 2.57 bits per heavy atom. The van der Waals surface area contributed by atoms with E-state index in [1.54, 1.807) is 30.3 Å². The zero-order valence-corrected chi connectivity index (χ0v) is 15.4. The molecule has 0 spiro atoms. The summed E-state index contributed by atoms with van der Waals surface area (Å²) < 4.78 is 10.1. The number of hydrogen-bond acceptors (Lipinski definition) is 7. The average Bonchev–Trinajstić information content (AvgIpc) is 3.29. The molecule has 0 atom stereocenters. The van der Waals surface area contributed by atoms with Crippen molar-refractivity contribution in [2.75, 3.05) is 0 Å². The van der Waals surface area contributed by atoms with Gasteiger partial charge in [-0.3, -0.25) is 14.9 Å². The molecule has 1 N–H and O–H groups in total. The van der Waals surface area contributed by atoms with Crippen LogP contribution < -0.4 is 10.2 Å². The van der Waals surface area contributed by atoms with Gasteiger partial charge in [0.05, 0.1) is 17.4 Å². The van der Waals surface area contributed by atoms with Crippen molar-refractivity contribution in [3.8, 4) is 5.75 Å². The zero-order chi connectivity index (χ0) is 21.3. The fourth-order valence-corrected chi connectivity index (χ4v) is 2.39. The van der Waals surface area contributed by atoms with Crippen molar-refractivity contribution in [3.63, 3.8) is 0 Å². The van der Waals surface area contributed by atoms with Gasteiger partial charge in [0.25, 0.3) is 0 Å². The molecule has 0 unspecified atom stereocenters. The number of ether oxygens (including phenoxy) is 1. The number of hydrogen-bond donors (Lipinski definition) is 1. The Labute approximate surface area is 170 Å². The van der Waals surface area contributed by atoms with E-state index in [1.807, 2.05) is 6.07 Å². The van der Waals surface area contributed by atoms with E-state index in [2.05, 4.69) is 10.5 Å². The molecule has 0 radical (unpaired) electrons. The number of nitrogens with zero attached hydrogens (tertiary/aromatic N) is 2. The van der Waals surface area contributed by atoms with Crippen LogP contribution in [-0.4, -0.2) is 23.0 Å². The molecule has 0 saturated heterocycles. The molecular weight excluding hydrogens is 390 g/mol. The highest BCUT2D eigenvalue weighted by Crippen LogP contribution is 2.30. The standard InChI is InChI=1S/C21H15N3O6/c25-19(12-11-15-6-2-1-3-7-15)30-20-16(8-4-9-17(20)24(27)28)14-22-23-21(26)18-10-5-13-29-18/h1-14H,(H,23,26)/b12-11+,22-14+. The molecule has 3 rings (SSSR count). The normalized spacial score (nSPS) is 10.9. The maximum absolute atomic E-state index is 12.2.